The second kappa shape index (κ2) is 7.82. The van der Waals surface area contributed by atoms with Gasteiger partial charge >= 0.3 is 0 Å². The summed E-state index contributed by atoms with van der Waals surface area (Å²) in [5, 5.41) is 8.65. The topological polar surface area (TPSA) is 77.3 Å². The molecule has 1 aliphatic rings. The molecule has 0 unspecified atom stereocenters. The molecule has 0 saturated carbocycles. The zero-order chi connectivity index (χ0) is 17.9. The summed E-state index contributed by atoms with van der Waals surface area (Å²) in [5.41, 5.74) is 0. The van der Waals surface area contributed by atoms with Crippen LogP contribution in [0.2, 0.25) is 5.02 Å². The fraction of sp³-hybridized carbons (Fsp3) is 0.500. The van der Waals surface area contributed by atoms with Crippen LogP contribution in [0.25, 0.3) is 0 Å². The molecule has 7 nitrogen and oxygen atoms in total. The Kier molecular flexibility index (Phi) is 5.73. The number of benzene rings is 1. The predicted molar refractivity (Wildman–Crippen MR) is 94.1 cm³/mol. The van der Waals surface area contributed by atoms with E-state index in [0.29, 0.717) is 31.1 Å². The molecule has 0 spiro atoms. The maximum absolute atomic E-state index is 12.7. The molecule has 0 bridgehead atoms. The monoisotopic (exact) mass is 384 g/mol. The lowest BCUT2D eigenvalue weighted by atomic mass is 10.1. The largest absolute Gasteiger partial charge is 0.384 e. The Morgan fingerprint density at radius 3 is 2.56 bits per heavy atom. The van der Waals surface area contributed by atoms with E-state index in [0.717, 1.165) is 18.7 Å². The average molecular weight is 385 g/mol. The van der Waals surface area contributed by atoms with Gasteiger partial charge in [-0.1, -0.05) is 11.6 Å². The zero-order valence-electron chi connectivity index (χ0n) is 14.0. The minimum Gasteiger partial charge on any atom is -0.384 e. The SMILES string of the molecule is COCCc1nncn1C1CCN(S(=O)(=O)c2ccc(Cl)cc2)CC1. The van der Waals surface area contributed by atoms with Gasteiger partial charge in [-0.25, -0.2) is 8.42 Å². The highest BCUT2D eigenvalue weighted by molar-refractivity contribution is 7.89. The average Bonchev–Trinajstić information content (AvgIpc) is 3.09. The Morgan fingerprint density at radius 2 is 1.92 bits per heavy atom. The lowest BCUT2D eigenvalue weighted by Gasteiger charge is -2.32. The summed E-state index contributed by atoms with van der Waals surface area (Å²) in [6.45, 7) is 1.53. The zero-order valence-corrected chi connectivity index (χ0v) is 15.6. The molecule has 9 heteroatoms. The van der Waals surface area contributed by atoms with Crippen LogP contribution in [0.15, 0.2) is 35.5 Å². The summed E-state index contributed by atoms with van der Waals surface area (Å²) in [5.74, 6) is 0.876. The fourth-order valence-electron chi connectivity index (χ4n) is 3.06. The van der Waals surface area contributed by atoms with Crippen molar-refractivity contribution in [1.29, 1.82) is 0 Å². The highest BCUT2D eigenvalue weighted by Gasteiger charge is 2.30. The third-order valence-corrected chi connectivity index (χ3v) is 6.61. The van der Waals surface area contributed by atoms with Crippen LogP contribution in [-0.4, -0.2) is 54.3 Å². The standard InChI is InChI=1S/C16H21ClN4O3S/c1-24-11-8-16-19-18-12-21(16)14-6-9-20(10-7-14)25(22,23)15-4-2-13(17)3-5-15/h2-5,12,14H,6-11H2,1H3. The second-order valence-electron chi connectivity index (χ2n) is 5.99. The highest BCUT2D eigenvalue weighted by atomic mass is 35.5. The first kappa shape index (κ1) is 18.3. The number of nitrogens with zero attached hydrogens (tertiary/aromatic N) is 4. The third-order valence-electron chi connectivity index (χ3n) is 4.45. The summed E-state index contributed by atoms with van der Waals surface area (Å²) in [7, 11) is -1.83. The van der Waals surface area contributed by atoms with Crippen molar-refractivity contribution in [1.82, 2.24) is 19.1 Å². The van der Waals surface area contributed by atoms with Crippen molar-refractivity contribution in [3.05, 3.63) is 41.4 Å². The van der Waals surface area contributed by atoms with E-state index in [1.165, 1.54) is 4.31 Å². The Morgan fingerprint density at radius 1 is 1.24 bits per heavy atom. The molecule has 1 aromatic heterocycles. The van der Waals surface area contributed by atoms with Gasteiger partial charge in [0, 0.05) is 37.7 Å². The Labute approximate surface area is 152 Å². The van der Waals surface area contributed by atoms with Crippen molar-refractivity contribution in [2.75, 3.05) is 26.8 Å². The number of rotatable bonds is 6. The van der Waals surface area contributed by atoms with Crippen LogP contribution >= 0.6 is 11.6 Å². The Balaban J connectivity index is 1.67. The van der Waals surface area contributed by atoms with E-state index < -0.39 is 10.0 Å². The molecule has 1 fully saturated rings. The van der Waals surface area contributed by atoms with Crippen molar-refractivity contribution in [3.63, 3.8) is 0 Å². The summed E-state index contributed by atoms with van der Waals surface area (Å²) in [6.07, 6.45) is 3.87. The van der Waals surface area contributed by atoms with Gasteiger partial charge in [0.2, 0.25) is 10.0 Å². The van der Waals surface area contributed by atoms with Crippen molar-refractivity contribution < 1.29 is 13.2 Å². The molecule has 0 aliphatic carbocycles. The van der Waals surface area contributed by atoms with E-state index in [9.17, 15) is 8.42 Å². The molecule has 0 atom stereocenters. The first-order chi connectivity index (χ1) is 12.0. The van der Waals surface area contributed by atoms with Gasteiger partial charge in [-0.05, 0) is 37.1 Å². The Bertz CT molecular complexity index is 799. The summed E-state index contributed by atoms with van der Waals surface area (Å²) < 4.78 is 34.1. The van der Waals surface area contributed by atoms with Gasteiger partial charge < -0.3 is 9.30 Å². The summed E-state index contributed by atoms with van der Waals surface area (Å²) >= 11 is 5.84. The second-order valence-corrected chi connectivity index (χ2v) is 8.36. The van der Waals surface area contributed by atoms with Gasteiger partial charge in [0.1, 0.15) is 12.2 Å². The maximum atomic E-state index is 12.7. The van der Waals surface area contributed by atoms with Crippen LogP contribution in [0.1, 0.15) is 24.7 Å². The molecule has 2 aromatic rings. The minimum atomic E-state index is -3.48. The minimum absolute atomic E-state index is 0.207. The van der Waals surface area contributed by atoms with E-state index in [1.807, 2.05) is 4.57 Å². The van der Waals surface area contributed by atoms with E-state index in [-0.39, 0.29) is 10.9 Å². The number of hydrogen-bond donors (Lipinski definition) is 0. The quantitative estimate of drug-likeness (QED) is 0.762. The lowest BCUT2D eigenvalue weighted by Crippen LogP contribution is -2.39. The molecule has 1 aliphatic heterocycles. The van der Waals surface area contributed by atoms with Crippen LogP contribution in [0.5, 0.6) is 0 Å². The normalized spacial score (nSPS) is 17.0. The number of hydrogen-bond acceptors (Lipinski definition) is 5. The van der Waals surface area contributed by atoms with E-state index in [4.69, 9.17) is 16.3 Å². The van der Waals surface area contributed by atoms with Crippen molar-refractivity contribution >= 4 is 21.6 Å². The van der Waals surface area contributed by atoms with Gasteiger partial charge in [0.05, 0.1) is 11.5 Å². The molecule has 0 N–H and O–H groups in total. The Hall–Kier alpha value is -1.48. The van der Waals surface area contributed by atoms with Gasteiger partial charge in [-0.2, -0.15) is 4.31 Å². The van der Waals surface area contributed by atoms with Crippen LogP contribution in [0.4, 0.5) is 0 Å². The molecule has 0 amide bonds. The van der Waals surface area contributed by atoms with Crippen molar-refractivity contribution in [2.45, 2.75) is 30.2 Å². The molecule has 25 heavy (non-hydrogen) atoms. The van der Waals surface area contributed by atoms with Crippen LogP contribution in [-0.2, 0) is 21.2 Å². The fourth-order valence-corrected chi connectivity index (χ4v) is 4.66. The molecule has 136 valence electrons. The molecular weight excluding hydrogens is 364 g/mol. The molecule has 3 rings (SSSR count). The van der Waals surface area contributed by atoms with Crippen LogP contribution in [0, 0.1) is 0 Å². The number of sulfonamides is 1. The highest BCUT2D eigenvalue weighted by Crippen LogP contribution is 2.28. The first-order valence-electron chi connectivity index (χ1n) is 8.15. The lowest BCUT2D eigenvalue weighted by molar-refractivity contribution is 0.197. The number of piperidine rings is 1. The van der Waals surface area contributed by atoms with E-state index in [1.54, 1.807) is 37.7 Å². The van der Waals surface area contributed by atoms with Gasteiger partial charge in [-0.3, -0.25) is 0 Å². The molecular formula is C16H21ClN4O3S. The van der Waals surface area contributed by atoms with E-state index >= 15 is 0 Å². The van der Waals surface area contributed by atoms with Gasteiger partial charge in [-0.15, -0.1) is 10.2 Å². The molecule has 1 aromatic carbocycles. The van der Waals surface area contributed by atoms with E-state index in [2.05, 4.69) is 10.2 Å². The number of halogens is 1. The summed E-state index contributed by atoms with van der Waals surface area (Å²) in [4.78, 5) is 0.278. The van der Waals surface area contributed by atoms with Crippen molar-refractivity contribution in [2.24, 2.45) is 0 Å². The van der Waals surface area contributed by atoms with Crippen molar-refractivity contribution in [3.8, 4) is 0 Å². The first-order valence-corrected chi connectivity index (χ1v) is 9.97. The predicted octanol–water partition coefficient (Wildman–Crippen LogP) is 2.15. The number of methoxy groups -OCH3 is 1. The smallest absolute Gasteiger partial charge is 0.243 e. The van der Waals surface area contributed by atoms with Crippen LogP contribution < -0.4 is 0 Å². The summed E-state index contributed by atoms with van der Waals surface area (Å²) in [6, 6.07) is 6.50. The number of ether oxygens (including phenoxy) is 1. The van der Waals surface area contributed by atoms with Crippen LogP contribution in [0.3, 0.4) is 0 Å². The molecule has 2 heterocycles. The van der Waals surface area contributed by atoms with Gasteiger partial charge in [0.25, 0.3) is 0 Å². The molecule has 0 radical (unpaired) electrons. The third kappa shape index (κ3) is 4.03. The molecule has 1 saturated heterocycles. The maximum Gasteiger partial charge on any atom is 0.243 e. The number of aromatic nitrogens is 3. The van der Waals surface area contributed by atoms with Gasteiger partial charge in [0.15, 0.2) is 0 Å².